The maximum atomic E-state index is 13.6. The molecule has 4 heteroatoms. The van der Waals surface area contributed by atoms with Crippen molar-refractivity contribution < 1.29 is 18.7 Å². The molecule has 0 atom stereocenters. The van der Waals surface area contributed by atoms with Gasteiger partial charge in [0, 0.05) is 19.4 Å². The summed E-state index contributed by atoms with van der Waals surface area (Å²) in [5.41, 5.74) is 0.518. The molecule has 2 rings (SSSR count). The number of cyclic esters (lactones) is 1. The number of hydrogen-bond donors (Lipinski definition) is 0. The molecule has 0 radical (unpaired) electrons. The Hall–Kier alpha value is -1.84. The second-order valence-electron chi connectivity index (χ2n) is 3.90. The zero-order valence-corrected chi connectivity index (χ0v) is 8.99. The van der Waals surface area contributed by atoms with Gasteiger partial charge in [0.2, 0.25) is 5.79 Å². The third kappa shape index (κ3) is 1.91. The van der Waals surface area contributed by atoms with E-state index in [1.807, 2.05) is 0 Å². The van der Waals surface area contributed by atoms with Crippen molar-refractivity contribution in [1.82, 2.24) is 0 Å². The van der Waals surface area contributed by atoms with E-state index in [4.69, 9.17) is 9.47 Å². The largest absolute Gasteiger partial charge is 0.449 e. The Morgan fingerprint density at radius 3 is 2.38 bits per heavy atom. The molecule has 16 heavy (non-hydrogen) atoms. The van der Waals surface area contributed by atoms with Crippen LogP contribution in [0, 0.1) is 0 Å². The number of halogens is 1. The van der Waals surface area contributed by atoms with E-state index in [-0.39, 0.29) is 5.76 Å². The smallest absolute Gasteiger partial charge is 0.374 e. The van der Waals surface area contributed by atoms with E-state index in [0.717, 1.165) is 0 Å². The van der Waals surface area contributed by atoms with Crippen LogP contribution in [-0.2, 0) is 14.3 Å². The number of rotatable bonds is 1. The first kappa shape index (κ1) is 10.7. The van der Waals surface area contributed by atoms with Gasteiger partial charge in [-0.1, -0.05) is 30.3 Å². The average molecular weight is 222 g/mol. The predicted molar refractivity (Wildman–Crippen MR) is 55.7 cm³/mol. The molecule has 0 spiro atoms. The molecular weight excluding hydrogens is 211 g/mol. The van der Waals surface area contributed by atoms with Crippen molar-refractivity contribution in [2.75, 3.05) is 0 Å². The first-order valence-electron chi connectivity index (χ1n) is 4.87. The Bertz CT molecular complexity index is 449. The van der Waals surface area contributed by atoms with Crippen LogP contribution in [0.25, 0.3) is 5.76 Å². The molecule has 0 aliphatic carbocycles. The molecule has 1 heterocycles. The zero-order chi connectivity index (χ0) is 11.8. The Labute approximate surface area is 92.5 Å². The molecule has 84 valence electrons. The first-order valence-corrected chi connectivity index (χ1v) is 4.87. The maximum Gasteiger partial charge on any atom is 0.374 e. The third-order valence-electron chi connectivity index (χ3n) is 2.10. The van der Waals surface area contributed by atoms with Gasteiger partial charge in [-0.3, -0.25) is 0 Å². The highest BCUT2D eigenvalue weighted by atomic mass is 19.1. The normalized spacial score (nSPS) is 19.1. The lowest BCUT2D eigenvalue weighted by Crippen LogP contribution is -2.35. The van der Waals surface area contributed by atoms with Crippen molar-refractivity contribution in [3.05, 3.63) is 41.7 Å². The first-order chi connectivity index (χ1) is 7.49. The molecule has 0 N–H and O–H groups in total. The topological polar surface area (TPSA) is 35.5 Å². The van der Waals surface area contributed by atoms with Crippen LogP contribution < -0.4 is 0 Å². The Kier molecular flexibility index (Phi) is 2.42. The quantitative estimate of drug-likeness (QED) is 0.685. The van der Waals surface area contributed by atoms with Gasteiger partial charge in [0.1, 0.15) is 0 Å². The summed E-state index contributed by atoms with van der Waals surface area (Å²) in [7, 11) is 0. The van der Waals surface area contributed by atoms with Gasteiger partial charge in [-0.25, -0.2) is 4.79 Å². The molecule has 0 bridgehead atoms. The van der Waals surface area contributed by atoms with Crippen LogP contribution in [0.2, 0.25) is 0 Å². The fraction of sp³-hybridized carbons (Fsp3) is 0.250. The summed E-state index contributed by atoms with van der Waals surface area (Å²) >= 11 is 0. The van der Waals surface area contributed by atoms with Crippen molar-refractivity contribution in [3.63, 3.8) is 0 Å². The van der Waals surface area contributed by atoms with E-state index in [0.29, 0.717) is 5.56 Å². The summed E-state index contributed by atoms with van der Waals surface area (Å²) < 4.78 is 23.6. The molecule has 1 aromatic rings. The Balaban J connectivity index is 2.47. The number of hydrogen-bond acceptors (Lipinski definition) is 3. The fourth-order valence-corrected chi connectivity index (χ4v) is 1.45. The van der Waals surface area contributed by atoms with Crippen LogP contribution in [0.4, 0.5) is 4.39 Å². The summed E-state index contributed by atoms with van der Waals surface area (Å²) in [6, 6.07) is 8.62. The lowest BCUT2D eigenvalue weighted by molar-refractivity contribution is -0.198. The van der Waals surface area contributed by atoms with E-state index in [1.165, 1.54) is 0 Å². The van der Waals surface area contributed by atoms with Crippen LogP contribution in [0.15, 0.2) is 36.2 Å². The lowest BCUT2D eigenvalue weighted by Gasteiger charge is -2.31. The lowest BCUT2D eigenvalue weighted by atomic mass is 10.1. The number of benzene rings is 1. The molecule has 0 saturated carbocycles. The van der Waals surface area contributed by atoms with Crippen LogP contribution >= 0.6 is 0 Å². The summed E-state index contributed by atoms with van der Waals surface area (Å²) in [5, 5.41) is 0. The molecule has 3 nitrogen and oxygen atoms in total. The standard InChI is InChI=1S/C12H11FO3/c1-12(2)15-10(9(13)11(14)16-12)8-6-4-3-5-7-8/h3-7H,1-2H3. The molecule has 1 aliphatic heterocycles. The van der Waals surface area contributed by atoms with E-state index in [1.54, 1.807) is 44.2 Å². The summed E-state index contributed by atoms with van der Waals surface area (Å²) in [6.45, 7) is 3.11. The highest BCUT2D eigenvalue weighted by Gasteiger charge is 2.36. The minimum Gasteiger partial charge on any atom is -0.449 e. The second kappa shape index (κ2) is 3.63. The van der Waals surface area contributed by atoms with Crippen molar-refractivity contribution in [2.45, 2.75) is 19.6 Å². The van der Waals surface area contributed by atoms with Gasteiger partial charge >= 0.3 is 5.97 Å². The minimum absolute atomic E-state index is 0.0677. The van der Waals surface area contributed by atoms with Crippen molar-refractivity contribution >= 4 is 11.7 Å². The van der Waals surface area contributed by atoms with E-state index < -0.39 is 17.6 Å². The van der Waals surface area contributed by atoms with Crippen molar-refractivity contribution in [2.24, 2.45) is 0 Å². The highest BCUT2D eigenvalue weighted by molar-refractivity contribution is 5.95. The number of esters is 1. The molecule has 1 aromatic carbocycles. The second-order valence-corrected chi connectivity index (χ2v) is 3.90. The Morgan fingerprint density at radius 2 is 1.75 bits per heavy atom. The molecule has 0 unspecified atom stereocenters. The maximum absolute atomic E-state index is 13.6. The van der Waals surface area contributed by atoms with Gasteiger partial charge in [0.25, 0.3) is 5.83 Å². The molecule has 0 saturated heterocycles. The van der Waals surface area contributed by atoms with Gasteiger partial charge < -0.3 is 9.47 Å². The van der Waals surface area contributed by atoms with Gasteiger partial charge in [-0.05, 0) is 0 Å². The Morgan fingerprint density at radius 1 is 1.12 bits per heavy atom. The monoisotopic (exact) mass is 222 g/mol. The van der Waals surface area contributed by atoms with Crippen LogP contribution in [0.3, 0.4) is 0 Å². The van der Waals surface area contributed by atoms with Crippen LogP contribution in [0.1, 0.15) is 19.4 Å². The van der Waals surface area contributed by atoms with E-state index in [9.17, 15) is 9.18 Å². The molecule has 0 aromatic heterocycles. The minimum atomic E-state index is -1.14. The van der Waals surface area contributed by atoms with Crippen molar-refractivity contribution in [3.8, 4) is 0 Å². The number of carbonyl (C=O) groups excluding carboxylic acids is 1. The molecular formula is C12H11FO3. The van der Waals surface area contributed by atoms with Gasteiger partial charge in [0.15, 0.2) is 5.76 Å². The SMILES string of the molecule is CC1(C)OC(=O)C(F)=C(c2ccccc2)O1. The number of ether oxygens (including phenoxy) is 2. The molecule has 0 fully saturated rings. The van der Waals surface area contributed by atoms with Crippen LogP contribution in [0.5, 0.6) is 0 Å². The zero-order valence-electron chi connectivity index (χ0n) is 8.99. The molecule has 0 amide bonds. The summed E-state index contributed by atoms with van der Waals surface area (Å²) in [5.74, 6) is -3.19. The van der Waals surface area contributed by atoms with Crippen molar-refractivity contribution in [1.29, 1.82) is 0 Å². The van der Waals surface area contributed by atoms with E-state index in [2.05, 4.69) is 0 Å². The average Bonchev–Trinajstić information content (AvgIpc) is 2.24. The van der Waals surface area contributed by atoms with E-state index >= 15 is 0 Å². The van der Waals surface area contributed by atoms with Gasteiger partial charge in [-0.15, -0.1) is 0 Å². The predicted octanol–water partition coefficient (Wildman–Crippen LogP) is 2.63. The van der Waals surface area contributed by atoms with Crippen LogP contribution in [-0.4, -0.2) is 11.8 Å². The van der Waals surface area contributed by atoms with Gasteiger partial charge in [-0.2, -0.15) is 4.39 Å². The third-order valence-corrected chi connectivity index (χ3v) is 2.10. The highest BCUT2D eigenvalue weighted by Crippen LogP contribution is 2.33. The molecule has 1 aliphatic rings. The summed E-state index contributed by atoms with van der Waals surface area (Å²) in [4.78, 5) is 11.3. The fourth-order valence-electron chi connectivity index (χ4n) is 1.45. The van der Waals surface area contributed by atoms with Gasteiger partial charge in [0.05, 0.1) is 0 Å². The summed E-state index contributed by atoms with van der Waals surface area (Å²) in [6.07, 6.45) is 0. The number of carbonyl (C=O) groups is 1.